The molecule has 0 aliphatic carbocycles. The number of ether oxygens (including phenoxy) is 1. The van der Waals surface area contributed by atoms with Gasteiger partial charge in [0.2, 0.25) is 5.88 Å². The molecule has 130 valence electrons. The minimum atomic E-state index is 0.000196. The summed E-state index contributed by atoms with van der Waals surface area (Å²) in [6.07, 6.45) is 5.52. The largest absolute Gasteiger partial charge is 0.437 e. The Kier molecular flexibility index (Phi) is 5.00. The number of fused-ring (bicyclic) bond motifs is 2. The predicted octanol–water partition coefficient (Wildman–Crippen LogP) is 3.97. The lowest BCUT2D eigenvalue weighted by Crippen LogP contribution is -2.06. The summed E-state index contributed by atoms with van der Waals surface area (Å²) in [4.78, 5) is 8.61. The summed E-state index contributed by atoms with van der Waals surface area (Å²) in [5.74, 6) is 1.86. The van der Waals surface area contributed by atoms with Gasteiger partial charge in [0.25, 0.3) is 0 Å². The highest BCUT2D eigenvalue weighted by molar-refractivity contribution is 5.73. The van der Waals surface area contributed by atoms with Crippen LogP contribution in [0, 0.1) is 0 Å². The zero-order valence-corrected chi connectivity index (χ0v) is 14.6. The summed E-state index contributed by atoms with van der Waals surface area (Å²) in [6, 6.07) is 5.62. The van der Waals surface area contributed by atoms with Crippen molar-refractivity contribution in [1.29, 1.82) is 0 Å². The van der Waals surface area contributed by atoms with Crippen LogP contribution >= 0.6 is 0 Å². The van der Waals surface area contributed by atoms with Crippen molar-refractivity contribution in [2.45, 2.75) is 33.9 Å². The number of aromatic nitrogens is 2. The fraction of sp³-hybridized carbons (Fsp3) is 0.263. The average Bonchev–Trinajstić information content (AvgIpc) is 2.79. The van der Waals surface area contributed by atoms with E-state index in [-0.39, 0.29) is 6.61 Å². The summed E-state index contributed by atoms with van der Waals surface area (Å²) >= 11 is 0. The molecule has 6 nitrogen and oxygen atoms in total. The van der Waals surface area contributed by atoms with Crippen LogP contribution in [0.2, 0.25) is 0 Å². The number of allylic oxidation sites excluding steroid dienone is 3. The molecule has 0 radical (unpaired) electrons. The third kappa shape index (κ3) is 3.80. The minimum absolute atomic E-state index is 0.000196. The van der Waals surface area contributed by atoms with Gasteiger partial charge in [0.15, 0.2) is 5.82 Å². The predicted molar refractivity (Wildman–Crippen MR) is 98.6 cm³/mol. The van der Waals surface area contributed by atoms with Crippen molar-refractivity contribution in [1.82, 2.24) is 9.97 Å². The van der Waals surface area contributed by atoms with Gasteiger partial charge in [-0.1, -0.05) is 17.7 Å². The van der Waals surface area contributed by atoms with E-state index in [1.165, 1.54) is 11.9 Å². The summed E-state index contributed by atoms with van der Waals surface area (Å²) in [6.45, 7) is 6.62. The number of rotatable bonds is 4. The molecular formula is C19H22N4O2. The molecule has 2 aromatic rings. The molecule has 0 amide bonds. The highest BCUT2D eigenvalue weighted by Gasteiger charge is 2.19. The molecule has 0 bridgehead atoms. The van der Waals surface area contributed by atoms with Gasteiger partial charge in [0, 0.05) is 17.8 Å². The van der Waals surface area contributed by atoms with Crippen molar-refractivity contribution in [3.63, 3.8) is 0 Å². The molecule has 0 spiro atoms. The van der Waals surface area contributed by atoms with Crippen LogP contribution in [-0.2, 0) is 13.2 Å². The van der Waals surface area contributed by atoms with E-state index in [1.54, 1.807) is 0 Å². The van der Waals surface area contributed by atoms with Crippen LogP contribution < -0.4 is 15.4 Å². The molecule has 25 heavy (non-hydrogen) atoms. The number of benzene rings is 1. The molecule has 1 aromatic carbocycles. The topological polar surface area (TPSA) is 79.3 Å². The van der Waals surface area contributed by atoms with Crippen molar-refractivity contribution < 1.29 is 9.84 Å². The first-order valence-corrected chi connectivity index (χ1v) is 8.18. The summed E-state index contributed by atoms with van der Waals surface area (Å²) in [7, 11) is 0. The maximum atomic E-state index is 9.32. The van der Waals surface area contributed by atoms with Crippen LogP contribution in [0.15, 0.2) is 47.9 Å². The highest BCUT2D eigenvalue weighted by atomic mass is 16.5. The first-order valence-electron chi connectivity index (χ1n) is 8.18. The Bertz CT molecular complexity index is 839. The second-order valence-corrected chi connectivity index (χ2v) is 6.05. The third-order valence-electron chi connectivity index (χ3n) is 3.80. The van der Waals surface area contributed by atoms with Crippen molar-refractivity contribution in [2.24, 2.45) is 0 Å². The van der Waals surface area contributed by atoms with E-state index in [0.717, 1.165) is 22.6 Å². The van der Waals surface area contributed by atoms with Gasteiger partial charge in [-0.3, -0.25) is 0 Å². The average molecular weight is 338 g/mol. The lowest BCUT2D eigenvalue weighted by molar-refractivity contribution is 0.281. The number of anilines is 2. The van der Waals surface area contributed by atoms with E-state index in [0.29, 0.717) is 23.9 Å². The van der Waals surface area contributed by atoms with E-state index >= 15 is 0 Å². The lowest BCUT2D eigenvalue weighted by atomic mass is 10.1. The molecule has 0 atom stereocenters. The second kappa shape index (κ2) is 7.36. The molecule has 3 rings (SSSR count). The Hall–Kier alpha value is -2.86. The first-order chi connectivity index (χ1) is 12.1. The Balaban J connectivity index is 1.93. The summed E-state index contributed by atoms with van der Waals surface area (Å²) < 4.78 is 5.97. The van der Waals surface area contributed by atoms with E-state index < -0.39 is 0 Å². The zero-order valence-electron chi connectivity index (χ0n) is 14.6. The molecule has 2 heterocycles. The molecule has 0 saturated heterocycles. The third-order valence-corrected chi connectivity index (χ3v) is 3.80. The van der Waals surface area contributed by atoms with Gasteiger partial charge in [-0.2, -0.15) is 4.98 Å². The number of aliphatic hydroxyl groups is 1. The number of hydrogen-bond acceptors (Lipinski definition) is 6. The van der Waals surface area contributed by atoms with Gasteiger partial charge < -0.3 is 20.5 Å². The molecule has 6 heteroatoms. The fourth-order valence-electron chi connectivity index (χ4n) is 2.60. The molecule has 0 fully saturated rings. The summed E-state index contributed by atoms with van der Waals surface area (Å²) in [5.41, 5.74) is 4.66. The van der Waals surface area contributed by atoms with Gasteiger partial charge in [-0.15, -0.1) is 0 Å². The lowest BCUT2D eigenvalue weighted by Gasteiger charge is -2.13. The quantitative estimate of drug-likeness (QED) is 0.732. The number of nitrogens with zero attached hydrogens (tertiary/aromatic N) is 2. The smallest absolute Gasteiger partial charge is 0.248 e. The Labute approximate surface area is 147 Å². The van der Waals surface area contributed by atoms with E-state index in [1.807, 2.05) is 51.1 Å². The molecule has 1 aliphatic rings. The van der Waals surface area contributed by atoms with Crippen LogP contribution in [0.4, 0.5) is 11.5 Å². The van der Waals surface area contributed by atoms with Crippen molar-refractivity contribution in [2.75, 3.05) is 10.6 Å². The molecule has 3 N–H and O–H groups in total. The summed E-state index contributed by atoms with van der Waals surface area (Å²) in [5, 5.41) is 16.0. The Morgan fingerprint density at radius 2 is 2.20 bits per heavy atom. The maximum absolute atomic E-state index is 9.32. The van der Waals surface area contributed by atoms with Crippen LogP contribution in [0.3, 0.4) is 0 Å². The van der Waals surface area contributed by atoms with Crippen LogP contribution in [0.1, 0.15) is 31.9 Å². The molecule has 0 saturated carbocycles. The fourth-order valence-corrected chi connectivity index (χ4v) is 2.60. The van der Waals surface area contributed by atoms with Crippen LogP contribution in [-0.4, -0.2) is 15.1 Å². The van der Waals surface area contributed by atoms with Gasteiger partial charge in [-0.05, 0) is 44.5 Å². The van der Waals surface area contributed by atoms with Gasteiger partial charge in [-0.25, -0.2) is 4.98 Å². The van der Waals surface area contributed by atoms with Crippen molar-refractivity contribution in [3.8, 4) is 11.6 Å². The monoisotopic (exact) mass is 338 g/mol. The van der Waals surface area contributed by atoms with Crippen molar-refractivity contribution >= 4 is 11.5 Å². The van der Waals surface area contributed by atoms with Crippen LogP contribution in [0.25, 0.3) is 0 Å². The minimum Gasteiger partial charge on any atom is -0.437 e. The number of nitrogens with one attached hydrogen (secondary N) is 2. The van der Waals surface area contributed by atoms with Crippen molar-refractivity contribution in [3.05, 3.63) is 59.1 Å². The van der Waals surface area contributed by atoms with E-state index in [2.05, 4.69) is 20.6 Å². The van der Waals surface area contributed by atoms with Gasteiger partial charge in [0.1, 0.15) is 17.8 Å². The normalized spacial score (nSPS) is 12.9. The molecule has 0 unspecified atom stereocenters. The number of aliphatic hydroxyl groups excluding tert-OH is 1. The zero-order chi connectivity index (χ0) is 17.8. The highest BCUT2D eigenvalue weighted by Crippen LogP contribution is 2.38. The maximum Gasteiger partial charge on any atom is 0.248 e. The molecule has 1 aliphatic heterocycles. The van der Waals surface area contributed by atoms with E-state index in [4.69, 9.17) is 4.74 Å². The number of hydrogen-bond donors (Lipinski definition) is 3. The SMILES string of the molecule is C/C=C(\C=C(C)C)Nc1ncnc2c1NCc1cc(CO)ccc1O2. The van der Waals surface area contributed by atoms with E-state index in [9.17, 15) is 5.11 Å². The van der Waals surface area contributed by atoms with Gasteiger partial charge >= 0.3 is 0 Å². The Morgan fingerprint density at radius 3 is 2.92 bits per heavy atom. The van der Waals surface area contributed by atoms with Gasteiger partial charge in [0.05, 0.1) is 6.61 Å². The first kappa shape index (κ1) is 17.0. The van der Waals surface area contributed by atoms with Crippen LogP contribution in [0.5, 0.6) is 11.6 Å². The molecule has 1 aromatic heterocycles. The standard InChI is InChI=1S/C19H22N4O2/c1-4-15(7-12(2)3)23-18-17-19(22-11-21-18)25-16-6-5-13(10-24)8-14(16)9-20-17/h4-8,11,20,24H,9-10H2,1-3H3,(H,21,22,23)/b15-4+. The molecular weight excluding hydrogens is 316 g/mol. The Morgan fingerprint density at radius 1 is 1.36 bits per heavy atom. The second-order valence-electron chi connectivity index (χ2n) is 6.05.